The molecule has 1 aliphatic rings. The molecule has 0 spiro atoms. The highest BCUT2D eigenvalue weighted by molar-refractivity contribution is 6.33. The van der Waals surface area contributed by atoms with Crippen LogP contribution >= 0.6 is 11.6 Å². The van der Waals surface area contributed by atoms with Crippen LogP contribution in [0.25, 0.3) is 0 Å². The van der Waals surface area contributed by atoms with E-state index in [1.54, 1.807) is 30.5 Å². The zero-order chi connectivity index (χ0) is 16.1. The number of hydrogen-bond donors (Lipinski definition) is 1. The van der Waals surface area contributed by atoms with Crippen LogP contribution in [0.2, 0.25) is 5.02 Å². The lowest BCUT2D eigenvalue weighted by atomic mass is 10.2. The topological polar surface area (TPSA) is 54.5 Å². The number of anilines is 1. The van der Waals surface area contributed by atoms with E-state index in [0.717, 1.165) is 37.7 Å². The summed E-state index contributed by atoms with van der Waals surface area (Å²) >= 11 is 6.02. The lowest BCUT2D eigenvalue weighted by Crippen LogP contribution is -2.36. The molecule has 23 heavy (non-hydrogen) atoms. The summed E-state index contributed by atoms with van der Waals surface area (Å²) < 4.78 is 5.33. The van der Waals surface area contributed by atoms with Crippen molar-refractivity contribution in [3.8, 4) is 0 Å². The number of benzene rings is 1. The third-order valence-corrected chi connectivity index (χ3v) is 4.05. The lowest BCUT2D eigenvalue weighted by molar-refractivity contribution is 0.0951. The van der Waals surface area contributed by atoms with Crippen LogP contribution in [0.4, 0.5) is 5.82 Å². The highest BCUT2D eigenvalue weighted by Crippen LogP contribution is 2.15. The number of pyridine rings is 1. The monoisotopic (exact) mass is 331 g/mol. The van der Waals surface area contributed by atoms with Crippen molar-refractivity contribution < 1.29 is 9.53 Å². The number of nitrogens with zero attached hydrogens (tertiary/aromatic N) is 2. The molecular formula is C17H18ClN3O2. The van der Waals surface area contributed by atoms with Crippen molar-refractivity contribution in [1.82, 2.24) is 10.3 Å². The molecule has 3 rings (SSSR count). The largest absolute Gasteiger partial charge is 0.378 e. The molecule has 5 nitrogen and oxygen atoms in total. The van der Waals surface area contributed by atoms with E-state index >= 15 is 0 Å². The second kappa shape index (κ2) is 7.44. The van der Waals surface area contributed by atoms with Crippen molar-refractivity contribution in [2.45, 2.75) is 6.54 Å². The first-order valence-corrected chi connectivity index (χ1v) is 7.92. The number of nitrogens with one attached hydrogen (secondary N) is 1. The van der Waals surface area contributed by atoms with Gasteiger partial charge < -0.3 is 15.0 Å². The number of hydrogen-bond acceptors (Lipinski definition) is 4. The summed E-state index contributed by atoms with van der Waals surface area (Å²) in [5.41, 5.74) is 1.43. The number of morpholine rings is 1. The van der Waals surface area contributed by atoms with E-state index in [9.17, 15) is 4.79 Å². The summed E-state index contributed by atoms with van der Waals surface area (Å²) in [5.74, 6) is 0.752. The number of ether oxygens (including phenoxy) is 1. The molecule has 0 aliphatic carbocycles. The van der Waals surface area contributed by atoms with Gasteiger partial charge in [-0.3, -0.25) is 4.79 Å². The number of halogens is 1. The Labute approximate surface area is 140 Å². The van der Waals surface area contributed by atoms with Crippen LogP contribution in [0.1, 0.15) is 15.9 Å². The van der Waals surface area contributed by atoms with Crippen molar-refractivity contribution in [2.24, 2.45) is 0 Å². The van der Waals surface area contributed by atoms with Gasteiger partial charge in [0.25, 0.3) is 5.91 Å². The van der Waals surface area contributed by atoms with Crippen LogP contribution in [0.15, 0.2) is 42.6 Å². The summed E-state index contributed by atoms with van der Waals surface area (Å²) in [6.07, 6.45) is 1.79. The summed E-state index contributed by atoms with van der Waals surface area (Å²) in [6.45, 7) is 3.60. The number of carbonyl (C=O) groups excluding carboxylic acids is 1. The Kier molecular flexibility index (Phi) is 5.10. The van der Waals surface area contributed by atoms with Gasteiger partial charge in [0.15, 0.2) is 0 Å². The molecule has 0 radical (unpaired) electrons. The molecule has 0 saturated carbocycles. The number of aromatic nitrogens is 1. The molecule has 120 valence electrons. The average Bonchev–Trinajstić information content (AvgIpc) is 2.61. The third kappa shape index (κ3) is 4.00. The average molecular weight is 332 g/mol. The number of rotatable bonds is 4. The molecular weight excluding hydrogens is 314 g/mol. The maximum atomic E-state index is 12.1. The summed E-state index contributed by atoms with van der Waals surface area (Å²) in [4.78, 5) is 18.8. The van der Waals surface area contributed by atoms with Crippen LogP contribution in [0.3, 0.4) is 0 Å². The molecule has 1 N–H and O–H groups in total. The summed E-state index contributed by atoms with van der Waals surface area (Å²) in [5, 5.41) is 3.31. The van der Waals surface area contributed by atoms with Gasteiger partial charge in [-0.1, -0.05) is 29.8 Å². The van der Waals surface area contributed by atoms with E-state index in [4.69, 9.17) is 16.3 Å². The standard InChI is InChI=1S/C17H18ClN3O2/c18-15-4-2-1-3-14(15)17(22)20-12-13-5-6-16(19-11-13)21-7-9-23-10-8-21/h1-6,11H,7-10,12H2,(H,20,22). The zero-order valence-electron chi connectivity index (χ0n) is 12.7. The minimum absolute atomic E-state index is 0.187. The predicted molar refractivity (Wildman–Crippen MR) is 89.9 cm³/mol. The molecule has 0 bridgehead atoms. The number of amides is 1. The van der Waals surface area contributed by atoms with Gasteiger partial charge in [-0.2, -0.15) is 0 Å². The fraction of sp³-hybridized carbons (Fsp3) is 0.294. The van der Waals surface area contributed by atoms with E-state index in [1.165, 1.54) is 0 Å². The summed E-state index contributed by atoms with van der Waals surface area (Å²) in [6, 6.07) is 11.0. The second-order valence-electron chi connectivity index (χ2n) is 5.29. The van der Waals surface area contributed by atoms with Gasteiger partial charge in [0.2, 0.25) is 0 Å². The van der Waals surface area contributed by atoms with E-state index in [1.807, 2.05) is 12.1 Å². The molecule has 1 aromatic carbocycles. The van der Waals surface area contributed by atoms with Crippen LogP contribution < -0.4 is 10.2 Å². The van der Waals surface area contributed by atoms with Crippen molar-refractivity contribution in [3.05, 3.63) is 58.7 Å². The van der Waals surface area contributed by atoms with Crippen LogP contribution in [-0.4, -0.2) is 37.2 Å². The quantitative estimate of drug-likeness (QED) is 0.935. The molecule has 1 saturated heterocycles. The SMILES string of the molecule is O=C(NCc1ccc(N2CCOCC2)nc1)c1ccccc1Cl. The first kappa shape index (κ1) is 15.8. The molecule has 6 heteroatoms. The Balaban J connectivity index is 1.58. The lowest BCUT2D eigenvalue weighted by Gasteiger charge is -2.27. The molecule has 1 aliphatic heterocycles. The van der Waals surface area contributed by atoms with Crippen molar-refractivity contribution in [2.75, 3.05) is 31.2 Å². The van der Waals surface area contributed by atoms with E-state index in [-0.39, 0.29) is 5.91 Å². The molecule has 2 aromatic rings. The van der Waals surface area contributed by atoms with Gasteiger partial charge in [0, 0.05) is 25.8 Å². The van der Waals surface area contributed by atoms with E-state index in [0.29, 0.717) is 17.1 Å². The fourth-order valence-corrected chi connectivity index (χ4v) is 2.65. The second-order valence-corrected chi connectivity index (χ2v) is 5.69. The molecule has 1 fully saturated rings. The third-order valence-electron chi connectivity index (χ3n) is 3.72. The van der Waals surface area contributed by atoms with Crippen LogP contribution in [0.5, 0.6) is 0 Å². The van der Waals surface area contributed by atoms with Crippen molar-refractivity contribution >= 4 is 23.3 Å². The predicted octanol–water partition coefficient (Wildman–Crippen LogP) is 2.50. The van der Waals surface area contributed by atoms with Crippen LogP contribution in [0, 0.1) is 0 Å². The minimum atomic E-state index is -0.187. The van der Waals surface area contributed by atoms with Gasteiger partial charge in [0.1, 0.15) is 5.82 Å². The highest BCUT2D eigenvalue weighted by Gasteiger charge is 2.12. The minimum Gasteiger partial charge on any atom is -0.378 e. The molecule has 0 unspecified atom stereocenters. The Morgan fingerprint density at radius 3 is 2.70 bits per heavy atom. The maximum Gasteiger partial charge on any atom is 0.253 e. The highest BCUT2D eigenvalue weighted by atomic mass is 35.5. The first-order valence-electron chi connectivity index (χ1n) is 7.54. The molecule has 1 aromatic heterocycles. The van der Waals surface area contributed by atoms with E-state index in [2.05, 4.69) is 15.2 Å². The van der Waals surface area contributed by atoms with Gasteiger partial charge in [-0.25, -0.2) is 4.98 Å². The zero-order valence-corrected chi connectivity index (χ0v) is 13.4. The summed E-state index contributed by atoms with van der Waals surface area (Å²) in [7, 11) is 0. The Hall–Kier alpha value is -2.11. The Morgan fingerprint density at radius 1 is 1.22 bits per heavy atom. The normalized spacial score (nSPS) is 14.6. The van der Waals surface area contributed by atoms with Crippen molar-refractivity contribution in [1.29, 1.82) is 0 Å². The molecule has 1 amide bonds. The van der Waals surface area contributed by atoms with Crippen LogP contribution in [-0.2, 0) is 11.3 Å². The number of carbonyl (C=O) groups is 1. The van der Waals surface area contributed by atoms with Gasteiger partial charge in [-0.15, -0.1) is 0 Å². The molecule has 2 heterocycles. The Bertz CT molecular complexity index is 670. The maximum absolute atomic E-state index is 12.1. The molecule has 0 atom stereocenters. The Morgan fingerprint density at radius 2 is 2.00 bits per heavy atom. The smallest absolute Gasteiger partial charge is 0.253 e. The van der Waals surface area contributed by atoms with Gasteiger partial charge in [-0.05, 0) is 23.8 Å². The van der Waals surface area contributed by atoms with Crippen molar-refractivity contribution in [3.63, 3.8) is 0 Å². The van der Waals surface area contributed by atoms with E-state index < -0.39 is 0 Å². The van der Waals surface area contributed by atoms with Gasteiger partial charge >= 0.3 is 0 Å². The fourth-order valence-electron chi connectivity index (χ4n) is 2.42. The van der Waals surface area contributed by atoms with Gasteiger partial charge in [0.05, 0.1) is 23.8 Å². The first-order chi connectivity index (χ1) is 11.2.